The second-order valence-electron chi connectivity index (χ2n) is 7.89. The Bertz CT molecular complexity index is 1040. The van der Waals surface area contributed by atoms with Crippen molar-refractivity contribution in [2.45, 2.75) is 31.1 Å². The van der Waals surface area contributed by atoms with Crippen LogP contribution in [0, 0.1) is 6.92 Å². The van der Waals surface area contributed by atoms with Gasteiger partial charge < -0.3 is 9.64 Å². The number of amides is 1. The van der Waals surface area contributed by atoms with Gasteiger partial charge in [-0.05, 0) is 70.4 Å². The average Bonchev–Trinajstić information content (AvgIpc) is 3.21. The molecule has 2 aromatic carbocycles. The first kappa shape index (κ1) is 27.7. The molecule has 0 aliphatic carbocycles. The zero-order chi connectivity index (χ0) is 23.1. The van der Waals surface area contributed by atoms with Gasteiger partial charge in [0.15, 0.2) is 5.13 Å². The Morgan fingerprint density at radius 2 is 1.85 bits per heavy atom. The number of hydrogen-bond donors (Lipinski definition) is 0. The molecule has 0 bridgehead atoms. The highest BCUT2D eigenvalue weighted by Crippen LogP contribution is 2.39. The van der Waals surface area contributed by atoms with Gasteiger partial charge in [-0.3, -0.25) is 9.69 Å². The molecule has 0 unspecified atom stereocenters. The van der Waals surface area contributed by atoms with Crippen molar-refractivity contribution in [1.29, 1.82) is 0 Å². The van der Waals surface area contributed by atoms with Gasteiger partial charge in [-0.1, -0.05) is 40.6 Å². The minimum atomic E-state index is 0. The molecule has 1 heterocycles. The Labute approximate surface area is 215 Å². The summed E-state index contributed by atoms with van der Waals surface area (Å²) >= 11 is 9.64. The topological polar surface area (TPSA) is 45.7 Å². The molecule has 0 radical (unpaired) electrons. The van der Waals surface area contributed by atoms with E-state index in [1.54, 1.807) is 18.9 Å². The predicted molar refractivity (Wildman–Crippen MR) is 145 cm³/mol. The van der Waals surface area contributed by atoms with Crippen LogP contribution in [0.1, 0.15) is 24.8 Å². The molecule has 0 aliphatic heterocycles. The van der Waals surface area contributed by atoms with Crippen molar-refractivity contribution in [3.05, 3.63) is 47.0 Å². The first-order valence-corrected chi connectivity index (χ1v) is 12.8. The van der Waals surface area contributed by atoms with E-state index >= 15 is 0 Å². The Morgan fingerprint density at radius 3 is 2.52 bits per heavy atom. The van der Waals surface area contributed by atoms with Crippen molar-refractivity contribution in [3.63, 3.8) is 0 Å². The lowest BCUT2D eigenvalue weighted by atomic mass is 10.2. The number of halogens is 2. The highest BCUT2D eigenvalue weighted by atomic mass is 35.5. The number of anilines is 1. The number of aromatic nitrogens is 1. The quantitative estimate of drug-likeness (QED) is 0.209. The van der Waals surface area contributed by atoms with Gasteiger partial charge in [0.05, 0.1) is 16.8 Å². The van der Waals surface area contributed by atoms with Gasteiger partial charge in [0, 0.05) is 17.9 Å². The van der Waals surface area contributed by atoms with Crippen LogP contribution in [0.15, 0.2) is 41.3 Å². The van der Waals surface area contributed by atoms with Crippen molar-refractivity contribution in [1.82, 2.24) is 9.88 Å². The van der Waals surface area contributed by atoms with Crippen LogP contribution in [0.4, 0.5) is 5.13 Å². The minimum absolute atomic E-state index is 0. The first-order valence-electron chi connectivity index (χ1n) is 10.7. The third-order valence-electron chi connectivity index (χ3n) is 5.01. The number of carbonyl (C=O) groups excluding carboxylic acids is 1. The Balaban J connectivity index is 0.00000385. The van der Waals surface area contributed by atoms with Crippen LogP contribution in [-0.2, 0) is 4.79 Å². The number of thioether (sulfide) groups is 1. The van der Waals surface area contributed by atoms with Gasteiger partial charge in [0.25, 0.3) is 0 Å². The number of benzene rings is 2. The first-order chi connectivity index (χ1) is 15.4. The number of ether oxygens (including phenoxy) is 1. The minimum Gasteiger partial charge on any atom is -0.494 e. The summed E-state index contributed by atoms with van der Waals surface area (Å²) in [5.74, 6) is 1.67. The van der Waals surface area contributed by atoms with Crippen LogP contribution in [0.2, 0.25) is 5.02 Å². The molecule has 5 nitrogen and oxygen atoms in total. The fourth-order valence-corrected chi connectivity index (χ4v) is 5.43. The van der Waals surface area contributed by atoms with E-state index in [2.05, 4.69) is 36.1 Å². The van der Waals surface area contributed by atoms with Gasteiger partial charge in [0.2, 0.25) is 5.91 Å². The number of fused-ring (bicyclic) bond motifs is 1. The van der Waals surface area contributed by atoms with Crippen molar-refractivity contribution in [2.24, 2.45) is 0 Å². The maximum Gasteiger partial charge on any atom is 0.228 e. The third-order valence-corrected chi connectivity index (χ3v) is 7.65. The molecule has 3 rings (SSSR count). The monoisotopic (exact) mass is 527 g/mol. The molecule has 0 saturated carbocycles. The molecule has 0 aliphatic rings. The van der Waals surface area contributed by atoms with Crippen LogP contribution in [-0.4, -0.2) is 55.8 Å². The third kappa shape index (κ3) is 7.76. The molecule has 180 valence electrons. The molecule has 0 saturated heterocycles. The lowest BCUT2D eigenvalue weighted by molar-refractivity contribution is -0.118. The summed E-state index contributed by atoms with van der Waals surface area (Å²) in [6.45, 7) is 3.62. The molecular formula is C24H31Cl2N3O2S2. The summed E-state index contributed by atoms with van der Waals surface area (Å²) < 4.78 is 6.30. The van der Waals surface area contributed by atoms with E-state index in [-0.39, 0.29) is 18.3 Å². The maximum absolute atomic E-state index is 13.2. The fraction of sp³-hybridized carbons (Fsp3) is 0.417. The van der Waals surface area contributed by atoms with Crippen molar-refractivity contribution in [2.75, 3.05) is 44.9 Å². The van der Waals surface area contributed by atoms with Crippen LogP contribution in [0.5, 0.6) is 5.75 Å². The van der Waals surface area contributed by atoms with E-state index in [9.17, 15) is 4.79 Å². The number of aryl methyl sites for hydroxylation is 1. The van der Waals surface area contributed by atoms with Crippen molar-refractivity contribution < 1.29 is 9.53 Å². The summed E-state index contributed by atoms with van der Waals surface area (Å²) in [5, 5.41) is 1.31. The van der Waals surface area contributed by atoms with Crippen molar-refractivity contribution >= 4 is 68.4 Å². The normalized spacial score (nSPS) is 11.0. The van der Waals surface area contributed by atoms with Gasteiger partial charge >= 0.3 is 0 Å². The van der Waals surface area contributed by atoms with Crippen LogP contribution < -0.4 is 9.64 Å². The number of rotatable bonds is 11. The van der Waals surface area contributed by atoms with Crippen LogP contribution >= 0.6 is 47.1 Å². The molecule has 1 amide bonds. The molecular weight excluding hydrogens is 497 g/mol. The summed E-state index contributed by atoms with van der Waals surface area (Å²) in [6, 6.07) is 12.1. The summed E-state index contributed by atoms with van der Waals surface area (Å²) in [4.78, 5) is 23.1. The molecule has 0 N–H and O–H groups in total. The molecule has 0 spiro atoms. The number of hydrogen-bond acceptors (Lipinski definition) is 6. The molecule has 0 fully saturated rings. The summed E-state index contributed by atoms with van der Waals surface area (Å²) in [5.41, 5.74) is 1.96. The van der Waals surface area contributed by atoms with E-state index in [0.717, 1.165) is 29.8 Å². The largest absolute Gasteiger partial charge is 0.494 e. The van der Waals surface area contributed by atoms with Crippen LogP contribution in [0.3, 0.4) is 0 Å². The standard InChI is InChI=1S/C24H30ClN3O2S2.ClH/c1-17-8-10-18(11-9-17)31-16-5-7-21(29)28(15-6-14-27(2)3)24-26-22-20(30-4)13-12-19(25)23(22)32-24;/h8-13H,5-7,14-16H2,1-4H3;1H. The number of thiazole rings is 1. The lowest BCUT2D eigenvalue weighted by Gasteiger charge is -2.21. The van der Waals surface area contributed by atoms with Gasteiger partial charge in [0.1, 0.15) is 11.3 Å². The Kier molecular flexibility index (Phi) is 11.3. The average molecular weight is 529 g/mol. The Morgan fingerprint density at radius 1 is 1.12 bits per heavy atom. The fourth-order valence-electron chi connectivity index (χ4n) is 3.28. The zero-order valence-electron chi connectivity index (χ0n) is 19.5. The van der Waals surface area contributed by atoms with E-state index in [4.69, 9.17) is 21.3 Å². The number of carbonyl (C=O) groups is 1. The van der Waals surface area contributed by atoms with Gasteiger partial charge in [-0.25, -0.2) is 4.98 Å². The van der Waals surface area contributed by atoms with Crippen LogP contribution in [0.25, 0.3) is 10.2 Å². The van der Waals surface area contributed by atoms with Gasteiger partial charge in [-0.2, -0.15) is 0 Å². The SMILES string of the molecule is COc1ccc(Cl)c2sc(N(CCCN(C)C)C(=O)CCCSc3ccc(C)cc3)nc12.Cl. The van der Waals surface area contributed by atoms with E-state index < -0.39 is 0 Å². The number of nitrogens with zero attached hydrogens (tertiary/aromatic N) is 3. The maximum atomic E-state index is 13.2. The van der Waals surface area contributed by atoms with Crippen molar-refractivity contribution in [3.8, 4) is 5.75 Å². The molecule has 0 atom stereocenters. The summed E-state index contributed by atoms with van der Waals surface area (Å²) in [6.07, 6.45) is 2.18. The lowest BCUT2D eigenvalue weighted by Crippen LogP contribution is -2.33. The second kappa shape index (κ2) is 13.4. The smallest absolute Gasteiger partial charge is 0.228 e. The zero-order valence-corrected chi connectivity index (χ0v) is 22.7. The molecule has 33 heavy (non-hydrogen) atoms. The van der Waals surface area contributed by atoms with Gasteiger partial charge in [-0.15, -0.1) is 24.2 Å². The summed E-state index contributed by atoms with van der Waals surface area (Å²) in [7, 11) is 5.70. The highest BCUT2D eigenvalue weighted by Gasteiger charge is 2.21. The predicted octanol–water partition coefficient (Wildman–Crippen LogP) is 6.55. The molecule has 3 aromatic rings. The number of methoxy groups -OCH3 is 1. The second-order valence-corrected chi connectivity index (χ2v) is 10.4. The van der Waals surface area contributed by atoms with E-state index in [1.165, 1.54) is 21.8 Å². The Hall–Kier alpha value is -1.51. The molecule has 9 heteroatoms. The van der Waals surface area contributed by atoms with E-state index in [1.807, 2.05) is 31.1 Å². The highest BCUT2D eigenvalue weighted by molar-refractivity contribution is 7.99. The van der Waals surface area contributed by atoms with E-state index in [0.29, 0.717) is 34.4 Å². The molecule has 1 aromatic heterocycles.